The Hall–Kier alpha value is -1.35. The van der Waals surface area contributed by atoms with Crippen molar-refractivity contribution in [3.63, 3.8) is 0 Å². The summed E-state index contributed by atoms with van der Waals surface area (Å²) in [6.45, 7) is 0.858. The molecule has 0 aliphatic heterocycles. The minimum Gasteiger partial charge on any atom is -0.326 e. The number of hydrogen-bond acceptors (Lipinski definition) is 2. The summed E-state index contributed by atoms with van der Waals surface area (Å²) in [7, 11) is 1.93. The van der Waals surface area contributed by atoms with Crippen LogP contribution in [0.3, 0.4) is 0 Å². The Morgan fingerprint density at radius 1 is 1.24 bits per heavy atom. The van der Waals surface area contributed by atoms with Crippen molar-refractivity contribution in [2.24, 2.45) is 5.92 Å². The van der Waals surface area contributed by atoms with Gasteiger partial charge in [-0.15, -0.1) is 0 Å². The van der Waals surface area contributed by atoms with Crippen molar-refractivity contribution >= 4 is 11.6 Å². The lowest BCUT2D eigenvalue weighted by atomic mass is 10.1. The fourth-order valence-electron chi connectivity index (χ4n) is 2.34. The number of hydrogen-bond donors (Lipinski definition) is 2. The van der Waals surface area contributed by atoms with E-state index in [1.165, 1.54) is 18.4 Å². The van der Waals surface area contributed by atoms with E-state index in [9.17, 15) is 4.79 Å². The zero-order chi connectivity index (χ0) is 12.1. The molecule has 0 unspecified atom stereocenters. The molecule has 1 aromatic carbocycles. The van der Waals surface area contributed by atoms with E-state index in [2.05, 4.69) is 10.6 Å². The van der Waals surface area contributed by atoms with E-state index in [1.807, 2.05) is 31.3 Å². The SMILES string of the molecule is CNCc1ccc(NC(=O)C2CCCC2)cc1. The van der Waals surface area contributed by atoms with E-state index in [1.54, 1.807) is 0 Å². The van der Waals surface area contributed by atoms with E-state index >= 15 is 0 Å². The monoisotopic (exact) mass is 232 g/mol. The highest BCUT2D eigenvalue weighted by atomic mass is 16.1. The van der Waals surface area contributed by atoms with Crippen molar-refractivity contribution in [3.05, 3.63) is 29.8 Å². The fraction of sp³-hybridized carbons (Fsp3) is 0.500. The predicted octanol–water partition coefficient (Wildman–Crippen LogP) is 2.53. The number of rotatable bonds is 4. The van der Waals surface area contributed by atoms with E-state index in [0.29, 0.717) is 0 Å². The van der Waals surface area contributed by atoms with Crippen LogP contribution in [0, 0.1) is 5.92 Å². The fourth-order valence-corrected chi connectivity index (χ4v) is 2.34. The van der Waals surface area contributed by atoms with Gasteiger partial charge in [0.05, 0.1) is 0 Å². The number of nitrogens with one attached hydrogen (secondary N) is 2. The van der Waals surface area contributed by atoms with Crippen molar-refractivity contribution in [1.82, 2.24) is 5.32 Å². The van der Waals surface area contributed by atoms with Crippen molar-refractivity contribution in [1.29, 1.82) is 0 Å². The molecule has 1 aliphatic rings. The largest absolute Gasteiger partial charge is 0.326 e. The third-order valence-corrected chi connectivity index (χ3v) is 3.33. The molecule has 0 spiro atoms. The summed E-state index contributed by atoms with van der Waals surface area (Å²) in [6.07, 6.45) is 4.48. The standard InChI is InChI=1S/C14H20N2O/c1-15-10-11-6-8-13(9-7-11)16-14(17)12-4-2-3-5-12/h6-9,12,15H,2-5,10H2,1H3,(H,16,17). The molecule has 17 heavy (non-hydrogen) atoms. The van der Waals surface area contributed by atoms with Gasteiger partial charge in [0, 0.05) is 18.2 Å². The molecule has 1 fully saturated rings. The average Bonchev–Trinajstić information content (AvgIpc) is 2.86. The minimum absolute atomic E-state index is 0.184. The first-order valence-corrected chi connectivity index (χ1v) is 6.34. The number of carbonyl (C=O) groups excluding carboxylic acids is 1. The van der Waals surface area contributed by atoms with Crippen LogP contribution >= 0.6 is 0 Å². The van der Waals surface area contributed by atoms with Crippen LogP contribution in [0.15, 0.2) is 24.3 Å². The topological polar surface area (TPSA) is 41.1 Å². The van der Waals surface area contributed by atoms with Gasteiger partial charge in [-0.2, -0.15) is 0 Å². The summed E-state index contributed by atoms with van der Waals surface area (Å²) in [6, 6.07) is 8.03. The van der Waals surface area contributed by atoms with Gasteiger partial charge in [-0.05, 0) is 37.6 Å². The van der Waals surface area contributed by atoms with E-state index in [0.717, 1.165) is 25.1 Å². The Labute approximate surface area is 103 Å². The van der Waals surface area contributed by atoms with Gasteiger partial charge >= 0.3 is 0 Å². The maximum atomic E-state index is 11.9. The van der Waals surface area contributed by atoms with Crippen LogP contribution < -0.4 is 10.6 Å². The number of carbonyl (C=O) groups is 1. The van der Waals surface area contributed by atoms with Crippen LogP contribution in [-0.2, 0) is 11.3 Å². The van der Waals surface area contributed by atoms with Crippen LogP contribution in [-0.4, -0.2) is 13.0 Å². The zero-order valence-electron chi connectivity index (χ0n) is 10.3. The molecule has 2 N–H and O–H groups in total. The highest BCUT2D eigenvalue weighted by Gasteiger charge is 2.22. The van der Waals surface area contributed by atoms with E-state index in [4.69, 9.17) is 0 Å². The Bertz CT molecular complexity index is 366. The lowest BCUT2D eigenvalue weighted by Gasteiger charge is -2.10. The van der Waals surface area contributed by atoms with Gasteiger partial charge in [-0.25, -0.2) is 0 Å². The maximum absolute atomic E-state index is 11.9. The maximum Gasteiger partial charge on any atom is 0.227 e. The second-order valence-electron chi connectivity index (χ2n) is 4.70. The molecule has 2 rings (SSSR count). The molecule has 1 amide bonds. The van der Waals surface area contributed by atoms with Crippen LogP contribution in [0.5, 0.6) is 0 Å². The lowest BCUT2D eigenvalue weighted by molar-refractivity contribution is -0.119. The highest BCUT2D eigenvalue weighted by molar-refractivity contribution is 5.92. The molecule has 1 aromatic rings. The molecular formula is C14H20N2O. The summed E-state index contributed by atoms with van der Waals surface area (Å²) in [5.41, 5.74) is 2.13. The van der Waals surface area contributed by atoms with Crippen LogP contribution in [0.1, 0.15) is 31.2 Å². The Balaban J connectivity index is 1.91. The Kier molecular flexibility index (Phi) is 4.15. The van der Waals surface area contributed by atoms with Crippen molar-refractivity contribution in [2.45, 2.75) is 32.2 Å². The minimum atomic E-state index is 0.184. The molecule has 1 saturated carbocycles. The van der Waals surface area contributed by atoms with Crippen LogP contribution in [0.25, 0.3) is 0 Å². The third-order valence-electron chi connectivity index (χ3n) is 3.33. The average molecular weight is 232 g/mol. The molecular weight excluding hydrogens is 212 g/mol. The van der Waals surface area contributed by atoms with E-state index in [-0.39, 0.29) is 11.8 Å². The third kappa shape index (κ3) is 3.30. The summed E-state index contributed by atoms with van der Waals surface area (Å²) in [4.78, 5) is 11.9. The molecule has 0 bridgehead atoms. The highest BCUT2D eigenvalue weighted by Crippen LogP contribution is 2.26. The quantitative estimate of drug-likeness (QED) is 0.837. The molecule has 3 nitrogen and oxygen atoms in total. The lowest BCUT2D eigenvalue weighted by Crippen LogP contribution is -2.20. The van der Waals surface area contributed by atoms with Gasteiger partial charge < -0.3 is 10.6 Å². The molecule has 3 heteroatoms. The van der Waals surface area contributed by atoms with Crippen LogP contribution in [0.4, 0.5) is 5.69 Å². The van der Waals surface area contributed by atoms with Crippen molar-refractivity contribution in [3.8, 4) is 0 Å². The van der Waals surface area contributed by atoms with Gasteiger partial charge in [-0.3, -0.25) is 4.79 Å². The molecule has 1 aliphatic carbocycles. The first kappa shape index (κ1) is 12.1. The van der Waals surface area contributed by atoms with Crippen molar-refractivity contribution < 1.29 is 4.79 Å². The summed E-state index contributed by atoms with van der Waals surface area (Å²) >= 11 is 0. The Morgan fingerprint density at radius 3 is 2.47 bits per heavy atom. The molecule has 0 saturated heterocycles. The number of amides is 1. The normalized spacial score (nSPS) is 16.1. The second-order valence-corrected chi connectivity index (χ2v) is 4.70. The number of anilines is 1. The van der Waals surface area contributed by atoms with Crippen molar-refractivity contribution in [2.75, 3.05) is 12.4 Å². The summed E-state index contributed by atoms with van der Waals surface area (Å²) < 4.78 is 0. The molecule has 0 heterocycles. The first-order chi connectivity index (χ1) is 8.29. The molecule has 0 aromatic heterocycles. The number of benzene rings is 1. The van der Waals surface area contributed by atoms with Gasteiger partial charge in [0.15, 0.2) is 0 Å². The van der Waals surface area contributed by atoms with Gasteiger partial charge in [-0.1, -0.05) is 25.0 Å². The first-order valence-electron chi connectivity index (χ1n) is 6.34. The predicted molar refractivity (Wildman–Crippen MR) is 69.8 cm³/mol. The van der Waals surface area contributed by atoms with E-state index < -0.39 is 0 Å². The summed E-state index contributed by atoms with van der Waals surface area (Å²) in [5, 5.41) is 6.10. The van der Waals surface area contributed by atoms with Gasteiger partial charge in [0.1, 0.15) is 0 Å². The Morgan fingerprint density at radius 2 is 1.88 bits per heavy atom. The zero-order valence-corrected chi connectivity index (χ0v) is 10.3. The molecule has 0 atom stereocenters. The van der Waals surface area contributed by atoms with Gasteiger partial charge in [0.2, 0.25) is 5.91 Å². The summed E-state index contributed by atoms with van der Waals surface area (Å²) in [5.74, 6) is 0.413. The molecule has 0 radical (unpaired) electrons. The molecule has 92 valence electrons. The van der Waals surface area contributed by atoms with Crippen LogP contribution in [0.2, 0.25) is 0 Å². The van der Waals surface area contributed by atoms with Gasteiger partial charge in [0.25, 0.3) is 0 Å². The smallest absolute Gasteiger partial charge is 0.227 e. The second kappa shape index (κ2) is 5.82.